The number of rotatable bonds is 3. The van der Waals surface area contributed by atoms with Crippen LogP contribution in [0.2, 0.25) is 5.02 Å². The van der Waals surface area contributed by atoms with Crippen molar-refractivity contribution in [3.05, 3.63) is 69.0 Å². The van der Waals surface area contributed by atoms with Crippen LogP contribution < -0.4 is 15.6 Å². The molecule has 1 aromatic heterocycles. The summed E-state index contributed by atoms with van der Waals surface area (Å²) in [5, 5.41) is 2.67. The van der Waals surface area contributed by atoms with Crippen molar-refractivity contribution in [2.24, 2.45) is 7.05 Å². The maximum atomic E-state index is 12.8. The Morgan fingerprint density at radius 3 is 2.30 bits per heavy atom. The van der Waals surface area contributed by atoms with Gasteiger partial charge in [-0.15, -0.1) is 0 Å². The number of esters is 1. The van der Waals surface area contributed by atoms with E-state index < -0.39 is 34.7 Å². The van der Waals surface area contributed by atoms with Gasteiger partial charge >= 0.3 is 12.1 Å². The van der Waals surface area contributed by atoms with E-state index in [-0.39, 0.29) is 21.8 Å². The Morgan fingerprint density at radius 1 is 1.10 bits per heavy atom. The molecule has 0 atom stereocenters. The van der Waals surface area contributed by atoms with E-state index in [9.17, 15) is 27.6 Å². The van der Waals surface area contributed by atoms with E-state index in [1.165, 1.54) is 13.1 Å². The summed E-state index contributed by atoms with van der Waals surface area (Å²) in [6, 6.07) is 8.32. The van der Waals surface area contributed by atoms with E-state index in [2.05, 4.69) is 5.32 Å². The van der Waals surface area contributed by atoms with Crippen molar-refractivity contribution in [2.75, 3.05) is 5.32 Å². The van der Waals surface area contributed by atoms with Gasteiger partial charge in [-0.3, -0.25) is 14.4 Å². The number of aromatic nitrogens is 1. The van der Waals surface area contributed by atoms with Crippen molar-refractivity contribution in [1.29, 1.82) is 0 Å². The van der Waals surface area contributed by atoms with Gasteiger partial charge in [-0.05, 0) is 36.4 Å². The molecule has 1 amide bonds. The molecular formula is C20H14ClF3N2O4. The van der Waals surface area contributed by atoms with Crippen LogP contribution >= 0.6 is 11.6 Å². The largest absolute Gasteiger partial charge is 0.425 e. The lowest BCUT2D eigenvalue weighted by Gasteiger charge is -2.16. The molecule has 0 spiro atoms. The Kier molecular flexibility index (Phi) is 5.58. The van der Waals surface area contributed by atoms with Crippen molar-refractivity contribution in [1.82, 2.24) is 4.57 Å². The molecular weight excluding hydrogens is 425 g/mol. The molecule has 156 valence electrons. The molecule has 30 heavy (non-hydrogen) atoms. The van der Waals surface area contributed by atoms with Gasteiger partial charge in [0.25, 0.3) is 11.5 Å². The first-order chi connectivity index (χ1) is 14.0. The zero-order chi connectivity index (χ0) is 22.2. The molecule has 10 heteroatoms. The second-order valence-corrected chi connectivity index (χ2v) is 6.73. The third kappa shape index (κ3) is 4.02. The number of hydrogen-bond donors (Lipinski definition) is 1. The molecule has 2 aromatic carbocycles. The SMILES string of the molecule is CC(=O)Oc1c(C(=O)Nc2ccc(C(F)(F)F)cc2)c(=O)n(C)c2cccc(Cl)c12. The highest BCUT2D eigenvalue weighted by Gasteiger charge is 2.30. The summed E-state index contributed by atoms with van der Waals surface area (Å²) in [6.45, 7) is 1.09. The number of fused-ring (bicyclic) bond motifs is 1. The summed E-state index contributed by atoms with van der Waals surface area (Å²) < 4.78 is 44.5. The fourth-order valence-corrected chi connectivity index (χ4v) is 3.15. The highest BCUT2D eigenvalue weighted by Crippen LogP contribution is 2.34. The zero-order valence-electron chi connectivity index (χ0n) is 15.6. The predicted octanol–water partition coefficient (Wildman–Crippen LogP) is 4.39. The number of amides is 1. The number of hydrogen-bond acceptors (Lipinski definition) is 4. The molecule has 1 N–H and O–H groups in total. The number of benzene rings is 2. The highest BCUT2D eigenvalue weighted by atomic mass is 35.5. The summed E-state index contributed by atoms with van der Waals surface area (Å²) in [5.74, 6) is -2.07. The number of alkyl halides is 3. The number of aryl methyl sites for hydroxylation is 1. The van der Waals surface area contributed by atoms with Crippen molar-refractivity contribution >= 4 is 40.1 Å². The average molecular weight is 439 g/mol. The van der Waals surface area contributed by atoms with Gasteiger partial charge in [0.15, 0.2) is 5.75 Å². The minimum atomic E-state index is -4.53. The third-order valence-corrected chi connectivity index (χ3v) is 4.58. The zero-order valence-corrected chi connectivity index (χ0v) is 16.4. The van der Waals surface area contributed by atoms with Gasteiger partial charge in [0.1, 0.15) is 5.56 Å². The number of halogens is 4. The molecule has 0 aliphatic rings. The minimum Gasteiger partial charge on any atom is -0.425 e. The Hall–Kier alpha value is -3.33. The molecule has 0 radical (unpaired) electrons. The van der Waals surface area contributed by atoms with Crippen LogP contribution in [0.1, 0.15) is 22.8 Å². The van der Waals surface area contributed by atoms with Crippen LogP contribution in [-0.4, -0.2) is 16.4 Å². The van der Waals surface area contributed by atoms with Crippen molar-refractivity contribution in [3.8, 4) is 5.75 Å². The second-order valence-electron chi connectivity index (χ2n) is 6.33. The Morgan fingerprint density at radius 2 is 1.73 bits per heavy atom. The van der Waals surface area contributed by atoms with Gasteiger partial charge in [-0.1, -0.05) is 17.7 Å². The first-order valence-electron chi connectivity index (χ1n) is 8.49. The van der Waals surface area contributed by atoms with Crippen molar-refractivity contribution in [2.45, 2.75) is 13.1 Å². The van der Waals surface area contributed by atoms with Gasteiger partial charge in [0.05, 0.1) is 21.5 Å². The Bertz CT molecular complexity index is 1220. The maximum Gasteiger partial charge on any atom is 0.416 e. The fraction of sp³-hybridized carbons (Fsp3) is 0.150. The molecule has 0 saturated heterocycles. The number of pyridine rings is 1. The van der Waals surface area contributed by atoms with Gasteiger partial charge in [0.2, 0.25) is 0 Å². The van der Waals surface area contributed by atoms with Gasteiger partial charge in [-0.2, -0.15) is 13.2 Å². The maximum absolute atomic E-state index is 12.8. The molecule has 3 rings (SSSR count). The summed E-state index contributed by atoms with van der Waals surface area (Å²) in [6.07, 6.45) is -4.53. The monoisotopic (exact) mass is 438 g/mol. The summed E-state index contributed by atoms with van der Waals surface area (Å²) in [4.78, 5) is 37.3. The van der Waals surface area contributed by atoms with Gasteiger partial charge in [0, 0.05) is 19.7 Å². The lowest BCUT2D eigenvalue weighted by Crippen LogP contribution is -2.29. The fourth-order valence-electron chi connectivity index (χ4n) is 2.90. The normalized spacial score (nSPS) is 11.4. The van der Waals surface area contributed by atoms with Crippen LogP contribution in [0.5, 0.6) is 5.75 Å². The van der Waals surface area contributed by atoms with Crippen LogP contribution in [0, 0.1) is 0 Å². The molecule has 0 saturated carbocycles. The van der Waals surface area contributed by atoms with E-state index in [0.717, 1.165) is 35.8 Å². The Balaban J connectivity index is 2.13. The molecule has 6 nitrogen and oxygen atoms in total. The molecule has 0 aliphatic heterocycles. The summed E-state index contributed by atoms with van der Waals surface area (Å²) in [5.41, 5.74) is -1.83. The van der Waals surface area contributed by atoms with Crippen molar-refractivity contribution in [3.63, 3.8) is 0 Å². The predicted molar refractivity (Wildman–Crippen MR) is 105 cm³/mol. The van der Waals surface area contributed by atoms with Crippen LogP contribution in [0.4, 0.5) is 18.9 Å². The molecule has 1 heterocycles. The summed E-state index contributed by atoms with van der Waals surface area (Å²) >= 11 is 6.22. The molecule has 3 aromatic rings. The topological polar surface area (TPSA) is 77.4 Å². The van der Waals surface area contributed by atoms with E-state index >= 15 is 0 Å². The molecule has 0 aliphatic carbocycles. The lowest BCUT2D eigenvalue weighted by molar-refractivity contribution is -0.137. The van der Waals surface area contributed by atoms with Crippen LogP contribution in [0.25, 0.3) is 10.9 Å². The summed E-state index contributed by atoms with van der Waals surface area (Å²) in [7, 11) is 1.41. The number of carbonyl (C=O) groups is 2. The average Bonchev–Trinajstić information content (AvgIpc) is 2.65. The number of carbonyl (C=O) groups excluding carboxylic acids is 2. The van der Waals surface area contributed by atoms with E-state index in [1.807, 2.05) is 0 Å². The standard InChI is InChI=1S/C20H14ClF3N2O4/c1-10(27)30-17-15-13(21)4-3-5-14(15)26(2)19(29)16(17)18(28)25-12-8-6-11(7-9-12)20(22,23)24/h3-9H,1-2H3,(H,25,28). The number of anilines is 1. The molecule has 0 unspecified atom stereocenters. The van der Waals surface area contributed by atoms with Crippen LogP contribution in [-0.2, 0) is 18.0 Å². The van der Waals surface area contributed by atoms with Gasteiger partial charge < -0.3 is 14.6 Å². The highest BCUT2D eigenvalue weighted by molar-refractivity contribution is 6.36. The first kappa shape index (κ1) is 21.4. The minimum absolute atomic E-state index is 0.0167. The number of nitrogens with zero attached hydrogens (tertiary/aromatic N) is 1. The first-order valence-corrected chi connectivity index (χ1v) is 8.86. The van der Waals surface area contributed by atoms with E-state index in [4.69, 9.17) is 16.3 Å². The second kappa shape index (κ2) is 7.83. The Labute approximate surface area is 172 Å². The smallest absolute Gasteiger partial charge is 0.416 e. The number of ether oxygens (including phenoxy) is 1. The number of nitrogens with one attached hydrogen (secondary N) is 1. The molecule has 0 bridgehead atoms. The van der Waals surface area contributed by atoms with E-state index in [0.29, 0.717) is 5.52 Å². The van der Waals surface area contributed by atoms with Crippen molar-refractivity contribution < 1.29 is 27.5 Å². The van der Waals surface area contributed by atoms with E-state index in [1.54, 1.807) is 12.1 Å². The quantitative estimate of drug-likeness (QED) is 0.615. The molecule has 0 fully saturated rings. The van der Waals surface area contributed by atoms with Crippen LogP contribution in [0.3, 0.4) is 0 Å². The third-order valence-electron chi connectivity index (χ3n) is 4.27. The van der Waals surface area contributed by atoms with Gasteiger partial charge in [-0.25, -0.2) is 0 Å². The lowest BCUT2D eigenvalue weighted by atomic mass is 10.1. The van der Waals surface area contributed by atoms with Crippen LogP contribution in [0.15, 0.2) is 47.3 Å².